The van der Waals surface area contributed by atoms with E-state index in [4.69, 9.17) is 16.7 Å². The van der Waals surface area contributed by atoms with Crippen molar-refractivity contribution < 1.29 is 14.7 Å². The summed E-state index contributed by atoms with van der Waals surface area (Å²) in [6.07, 6.45) is 2.28. The maximum Gasteiger partial charge on any atom is 0.335 e. The summed E-state index contributed by atoms with van der Waals surface area (Å²) in [5.41, 5.74) is 0.423. The molecule has 6 heteroatoms. The molecule has 1 aromatic carbocycles. The van der Waals surface area contributed by atoms with Gasteiger partial charge in [-0.05, 0) is 24.5 Å². The Balaban J connectivity index is 2.79. The summed E-state index contributed by atoms with van der Waals surface area (Å²) in [5.74, 6) is -0.521. The molecule has 92 valence electrons. The van der Waals surface area contributed by atoms with Crippen LogP contribution in [0.1, 0.15) is 16.8 Å². The van der Waals surface area contributed by atoms with Crippen LogP contribution in [0.4, 0.5) is 5.69 Å². The van der Waals surface area contributed by atoms with E-state index in [-0.39, 0.29) is 11.5 Å². The van der Waals surface area contributed by atoms with Crippen LogP contribution in [0.5, 0.6) is 0 Å². The second-order valence-corrected chi connectivity index (χ2v) is 4.68. The van der Waals surface area contributed by atoms with Gasteiger partial charge in [-0.1, -0.05) is 11.6 Å². The van der Waals surface area contributed by atoms with Gasteiger partial charge in [0.2, 0.25) is 5.91 Å². The van der Waals surface area contributed by atoms with Crippen LogP contribution in [0, 0.1) is 0 Å². The molecule has 1 rings (SSSR count). The number of carbonyl (C=O) groups is 2. The van der Waals surface area contributed by atoms with Gasteiger partial charge >= 0.3 is 5.97 Å². The molecule has 0 aliphatic carbocycles. The molecule has 0 saturated carbocycles. The van der Waals surface area contributed by atoms with Gasteiger partial charge in [0.05, 0.1) is 16.3 Å². The summed E-state index contributed by atoms with van der Waals surface area (Å²) in [6.45, 7) is 0. The Morgan fingerprint density at radius 3 is 2.76 bits per heavy atom. The SMILES string of the molecule is CSCCC(=O)Nc1cc(C(=O)O)ccc1Cl. The summed E-state index contributed by atoms with van der Waals surface area (Å²) in [4.78, 5) is 22.2. The van der Waals surface area contributed by atoms with Crippen LogP contribution in [0.3, 0.4) is 0 Å². The fraction of sp³-hybridized carbons (Fsp3) is 0.273. The molecule has 0 aromatic heterocycles. The van der Waals surface area contributed by atoms with E-state index in [0.29, 0.717) is 22.9 Å². The average Bonchev–Trinajstić information content (AvgIpc) is 2.29. The number of carboxylic acids is 1. The standard InChI is InChI=1S/C11H12ClNO3S/c1-17-5-4-10(14)13-9-6-7(11(15)16)2-3-8(9)12/h2-3,6H,4-5H2,1H3,(H,13,14)(H,15,16). The molecule has 1 amide bonds. The Morgan fingerprint density at radius 2 is 2.18 bits per heavy atom. The van der Waals surface area contributed by atoms with Crippen molar-refractivity contribution in [3.05, 3.63) is 28.8 Å². The third-order valence-corrected chi connectivity index (χ3v) is 2.96. The van der Waals surface area contributed by atoms with Gasteiger partial charge in [0, 0.05) is 12.2 Å². The van der Waals surface area contributed by atoms with Crippen LogP contribution in [0.25, 0.3) is 0 Å². The number of rotatable bonds is 5. The summed E-state index contributed by atoms with van der Waals surface area (Å²) < 4.78 is 0. The van der Waals surface area contributed by atoms with Crippen molar-refractivity contribution >= 4 is 40.9 Å². The molecule has 0 bridgehead atoms. The van der Waals surface area contributed by atoms with Crippen molar-refractivity contribution in [3.8, 4) is 0 Å². The molecule has 0 spiro atoms. The monoisotopic (exact) mass is 273 g/mol. The predicted octanol–water partition coefficient (Wildman–Crippen LogP) is 2.73. The summed E-state index contributed by atoms with van der Waals surface area (Å²) in [7, 11) is 0. The van der Waals surface area contributed by atoms with Gasteiger partial charge in [-0.15, -0.1) is 0 Å². The van der Waals surface area contributed by atoms with Gasteiger partial charge in [0.15, 0.2) is 0 Å². The Bertz CT molecular complexity index is 437. The van der Waals surface area contributed by atoms with E-state index >= 15 is 0 Å². The zero-order valence-corrected chi connectivity index (χ0v) is 10.8. The molecule has 0 atom stereocenters. The lowest BCUT2D eigenvalue weighted by molar-refractivity contribution is -0.115. The van der Waals surface area contributed by atoms with Crippen LogP contribution in [0.2, 0.25) is 5.02 Å². The molecule has 0 fully saturated rings. The largest absolute Gasteiger partial charge is 0.478 e. The molecule has 0 radical (unpaired) electrons. The fourth-order valence-electron chi connectivity index (χ4n) is 1.16. The molecule has 0 heterocycles. The van der Waals surface area contributed by atoms with Gasteiger partial charge in [0.25, 0.3) is 0 Å². The van der Waals surface area contributed by atoms with Gasteiger partial charge in [-0.3, -0.25) is 4.79 Å². The van der Waals surface area contributed by atoms with Crippen molar-refractivity contribution in [3.63, 3.8) is 0 Å². The lowest BCUT2D eigenvalue weighted by atomic mass is 10.2. The van der Waals surface area contributed by atoms with Crippen LogP contribution in [-0.2, 0) is 4.79 Å². The number of thioether (sulfide) groups is 1. The van der Waals surface area contributed by atoms with Crippen molar-refractivity contribution in [2.24, 2.45) is 0 Å². The first-order chi connectivity index (χ1) is 8.04. The fourth-order valence-corrected chi connectivity index (χ4v) is 1.72. The maximum absolute atomic E-state index is 11.5. The van der Waals surface area contributed by atoms with Crippen LogP contribution >= 0.6 is 23.4 Å². The van der Waals surface area contributed by atoms with Crippen LogP contribution < -0.4 is 5.32 Å². The topological polar surface area (TPSA) is 66.4 Å². The number of hydrogen-bond acceptors (Lipinski definition) is 3. The van der Waals surface area contributed by atoms with E-state index < -0.39 is 5.97 Å². The van der Waals surface area contributed by atoms with Crippen molar-refractivity contribution in [1.29, 1.82) is 0 Å². The van der Waals surface area contributed by atoms with E-state index in [1.807, 2.05) is 6.26 Å². The minimum Gasteiger partial charge on any atom is -0.478 e. The number of anilines is 1. The zero-order valence-electron chi connectivity index (χ0n) is 9.20. The highest BCUT2D eigenvalue weighted by Crippen LogP contribution is 2.23. The molecule has 0 unspecified atom stereocenters. The quantitative estimate of drug-likeness (QED) is 0.866. The Hall–Kier alpha value is -1.20. The van der Waals surface area contributed by atoms with Gasteiger partial charge in [0.1, 0.15) is 0 Å². The average molecular weight is 274 g/mol. The number of benzene rings is 1. The highest BCUT2D eigenvalue weighted by molar-refractivity contribution is 7.98. The minimum absolute atomic E-state index is 0.0922. The number of hydrogen-bond donors (Lipinski definition) is 2. The Kier molecular flexibility index (Phi) is 5.31. The second kappa shape index (κ2) is 6.51. The molecule has 1 aromatic rings. The normalized spacial score (nSPS) is 10.0. The highest BCUT2D eigenvalue weighted by atomic mass is 35.5. The smallest absolute Gasteiger partial charge is 0.335 e. The van der Waals surface area contributed by atoms with Crippen molar-refractivity contribution in [1.82, 2.24) is 0 Å². The summed E-state index contributed by atoms with van der Waals surface area (Å²) in [6, 6.07) is 4.19. The lowest BCUT2D eigenvalue weighted by Gasteiger charge is -2.07. The number of nitrogens with one attached hydrogen (secondary N) is 1. The molecule has 2 N–H and O–H groups in total. The van der Waals surface area contributed by atoms with Crippen molar-refractivity contribution in [2.45, 2.75) is 6.42 Å². The third-order valence-electron chi connectivity index (χ3n) is 2.02. The number of aromatic carboxylic acids is 1. The van der Waals surface area contributed by atoms with Gasteiger partial charge in [-0.25, -0.2) is 4.79 Å². The second-order valence-electron chi connectivity index (χ2n) is 3.29. The Morgan fingerprint density at radius 1 is 1.47 bits per heavy atom. The first-order valence-corrected chi connectivity index (χ1v) is 6.63. The minimum atomic E-state index is -1.05. The zero-order chi connectivity index (χ0) is 12.8. The highest BCUT2D eigenvalue weighted by Gasteiger charge is 2.09. The van der Waals surface area contributed by atoms with E-state index in [1.54, 1.807) is 11.8 Å². The molecular weight excluding hydrogens is 262 g/mol. The molecule has 17 heavy (non-hydrogen) atoms. The van der Waals surface area contributed by atoms with E-state index in [9.17, 15) is 9.59 Å². The maximum atomic E-state index is 11.5. The number of halogens is 1. The molecule has 0 saturated heterocycles. The van der Waals surface area contributed by atoms with Crippen LogP contribution in [0.15, 0.2) is 18.2 Å². The van der Waals surface area contributed by atoms with Gasteiger partial charge < -0.3 is 10.4 Å². The number of carbonyl (C=O) groups excluding carboxylic acids is 1. The first-order valence-electron chi connectivity index (χ1n) is 4.86. The van der Waals surface area contributed by atoms with Gasteiger partial charge in [-0.2, -0.15) is 11.8 Å². The predicted molar refractivity (Wildman–Crippen MR) is 70.0 cm³/mol. The van der Waals surface area contributed by atoms with Crippen LogP contribution in [-0.4, -0.2) is 29.0 Å². The third kappa shape index (κ3) is 4.28. The summed E-state index contributed by atoms with van der Waals surface area (Å²) >= 11 is 7.43. The van der Waals surface area contributed by atoms with E-state index in [2.05, 4.69) is 5.32 Å². The van der Waals surface area contributed by atoms with E-state index in [0.717, 1.165) is 0 Å². The molecule has 0 aliphatic rings. The lowest BCUT2D eigenvalue weighted by Crippen LogP contribution is -2.13. The van der Waals surface area contributed by atoms with E-state index in [1.165, 1.54) is 18.2 Å². The first kappa shape index (κ1) is 13.9. The molecule has 0 aliphatic heterocycles. The Labute approximate surface area is 108 Å². The number of carboxylic acid groups (broad SMARTS) is 1. The number of amides is 1. The van der Waals surface area contributed by atoms with Crippen molar-refractivity contribution in [2.75, 3.05) is 17.3 Å². The molecular formula is C11H12ClNO3S. The summed E-state index contributed by atoms with van der Waals surface area (Å²) in [5, 5.41) is 11.7. The molecule has 4 nitrogen and oxygen atoms in total.